The molecular weight excluding hydrogens is 437 g/mol. The fraction of sp³-hybridized carbons (Fsp3) is 0.261. The Morgan fingerprint density at radius 1 is 1.13 bits per heavy atom. The van der Waals surface area contributed by atoms with Gasteiger partial charge in [0.05, 0.1) is 12.2 Å². The van der Waals surface area contributed by atoms with Gasteiger partial charge in [-0.15, -0.1) is 0 Å². The first-order chi connectivity index (χ1) is 14.9. The molecular formula is C23H21Cl2N3O3. The van der Waals surface area contributed by atoms with Crippen molar-refractivity contribution in [2.45, 2.75) is 32.9 Å². The van der Waals surface area contributed by atoms with Crippen LogP contribution in [0.15, 0.2) is 48.5 Å². The monoisotopic (exact) mass is 457 g/mol. The topological polar surface area (TPSA) is 64.4 Å². The molecule has 0 aliphatic carbocycles. The Bertz CT molecular complexity index is 1160. The van der Waals surface area contributed by atoms with Gasteiger partial charge in [0.25, 0.3) is 5.91 Å². The normalized spacial score (nSPS) is 15.1. The van der Waals surface area contributed by atoms with Crippen molar-refractivity contribution in [3.05, 3.63) is 81.1 Å². The van der Waals surface area contributed by atoms with E-state index in [1.807, 2.05) is 49.4 Å². The Kier molecular flexibility index (Phi) is 6.03. The predicted molar refractivity (Wildman–Crippen MR) is 120 cm³/mol. The summed E-state index contributed by atoms with van der Waals surface area (Å²) in [4.78, 5) is 27.2. The third kappa shape index (κ3) is 4.18. The van der Waals surface area contributed by atoms with Crippen LogP contribution in [0.4, 0.5) is 5.69 Å². The number of hydrogen-bond acceptors (Lipinski definition) is 4. The summed E-state index contributed by atoms with van der Waals surface area (Å²) in [6.45, 7) is 3.59. The smallest absolute Gasteiger partial charge is 0.343 e. The van der Waals surface area contributed by atoms with Crippen LogP contribution in [0.25, 0.3) is 0 Å². The van der Waals surface area contributed by atoms with Crippen molar-refractivity contribution in [2.24, 2.45) is 0 Å². The van der Waals surface area contributed by atoms with Gasteiger partial charge in [-0.05, 0) is 43.5 Å². The number of aromatic nitrogens is 2. The number of hydrogen-bond donors (Lipinski definition) is 0. The van der Waals surface area contributed by atoms with Gasteiger partial charge in [-0.3, -0.25) is 4.79 Å². The third-order valence-corrected chi connectivity index (χ3v) is 6.10. The lowest BCUT2D eigenvalue weighted by Gasteiger charge is -2.22. The highest BCUT2D eigenvalue weighted by Gasteiger charge is 2.31. The molecule has 0 fully saturated rings. The van der Waals surface area contributed by atoms with Crippen molar-refractivity contribution >= 4 is 40.8 Å². The maximum atomic E-state index is 12.8. The van der Waals surface area contributed by atoms with Crippen molar-refractivity contribution in [2.75, 3.05) is 11.5 Å². The van der Waals surface area contributed by atoms with Crippen LogP contribution in [-0.2, 0) is 22.5 Å². The second-order valence-corrected chi connectivity index (χ2v) is 8.29. The van der Waals surface area contributed by atoms with Crippen molar-refractivity contribution < 1.29 is 14.3 Å². The Balaban J connectivity index is 1.46. The average molecular weight is 458 g/mol. The van der Waals surface area contributed by atoms with Crippen LogP contribution in [0.5, 0.6) is 0 Å². The van der Waals surface area contributed by atoms with Gasteiger partial charge in [-0.1, -0.05) is 59.6 Å². The van der Waals surface area contributed by atoms with Gasteiger partial charge in [0.1, 0.15) is 10.7 Å². The van der Waals surface area contributed by atoms with Crippen LogP contribution < -0.4 is 4.90 Å². The molecule has 8 heteroatoms. The first-order valence-corrected chi connectivity index (χ1v) is 10.7. The molecule has 0 spiro atoms. The summed E-state index contributed by atoms with van der Waals surface area (Å²) in [5.41, 5.74) is 3.36. The number of para-hydroxylation sites is 1. The first kappa shape index (κ1) is 21.4. The molecule has 160 valence electrons. The SMILES string of the molecule is Cc1nn(Cc2ccccc2Cl)c(Cl)c1C(=O)OCC(=O)N1c2ccccc2C[C@H]1C. The number of amides is 1. The Morgan fingerprint density at radius 3 is 2.61 bits per heavy atom. The minimum absolute atomic E-state index is 0.00676. The molecule has 31 heavy (non-hydrogen) atoms. The molecule has 0 unspecified atom stereocenters. The zero-order valence-corrected chi connectivity index (χ0v) is 18.7. The van der Waals surface area contributed by atoms with Crippen LogP contribution in [0.3, 0.4) is 0 Å². The number of benzene rings is 2. The minimum Gasteiger partial charge on any atom is -0.452 e. The number of nitrogens with zero attached hydrogens (tertiary/aromatic N) is 3. The van der Waals surface area contributed by atoms with Gasteiger partial charge in [0.15, 0.2) is 6.61 Å². The molecule has 4 rings (SSSR count). The molecule has 2 heterocycles. The van der Waals surface area contributed by atoms with Gasteiger partial charge in [-0.2, -0.15) is 5.10 Å². The second kappa shape index (κ2) is 8.73. The number of carbonyl (C=O) groups excluding carboxylic acids is 2. The van der Waals surface area contributed by atoms with E-state index < -0.39 is 5.97 Å². The molecule has 1 aromatic heterocycles. The van der Waals surface area contributed by atoms with Gasteiger partial charge in [0.2, 0.25) is 0 Å². The number of aryl methyl sites for hydroxylation is 1. The molecule has 3 aromatic rings. The second-order valence-electron chi connectivity index (χ2n) is 7.52. The first-order valence-electron chi connectivity index (χ1n) is 9.90. The molecule has 1 aliphatic heterocycles. The minimum atomic E-state index is -0.679. The van der Waals surface area contributed by atoms with Crippen LogP contribution in [0.2, 0.25) is 10.2 Å². The zero-order valence-electron chi connectivity index (χ0n) is 17.1. The summed E-state index contributed by atoms with van der Waals surface area (Å²) >= 11 is 12.6. The Hall–Kier alpha value is -2.83. The van der Waals surface area contributed by atoms with E-state index in [0.29, 0.717) is 17.3 Å². The molecule has 1 aliphatic rings. The summed E-state index contributed by atoms with van der Waals surface area (Å²) in [5, 5.41) is 5.08. The highest BCUT2D eigenvalue weighted by atomic mass is 35.5. The standard InChI is InChI=1S/C23H21Cl2N3O3/c1-14-11-16-7-4-6-10-19(16)28(14)20(29)13-31-23(30)21-15(2)26-27(22(21)25)12-17-8-3-5-9-18(17)24/h3-10,14H,11-13H2,1-2H3/t14-/m1/s1. The molecule has 1 atom stereocenters. The van der Waals surface area contributed by atoms with Gasteiger partial charge >= 0.3 is 5.97 Å². The number of anilines is 1. The highest BCUT2D eigenvalue weighted by Crippen LogP contribution is 2.32. The summed E-state index contributed by atoms with van der Waals surface area (Å²) in [5.74, 6) is -0.954. The van der Waals surface area contributed by atoms with E-state index in [4.69, 9.17) is 27.9 Å². The number of fused-ring (bicyclic) bond motifs is 1. The van der Waals surface area contributed by atoms with E-state index in [1.165, 1.54) is 4.68 Å². The lowest BCUT2D eigenvalue weighted by molar-refractivity contribution is -0.122. The van der Waals surface area contributed by atoms with Crippen molar-refractivity contribution in [3.8, 4) is 0 Å². The largest absolute Gasteiger partial charge is 0.452 e. The van der Waals surface area contributed by atoms with Gasteiger partial charge < -0.3 is 9.64 Å². The van der Waals surface area contributed by atoms with Gasteiger partial charge in [0, 0.05) is 16.8 Å². The average Bonchev–Trinajstić information content (AvgIpc) is 3.22. The molecule has 0 saturated carbocycles. The number of carbonyl (C=O) groups is 2. The van der Waals surface area contributed by atoms with E-state index in [0.717, 1.165) is 23.2 Å². The van der Waals surface area contributed by atoms with Crippen LogP contribution >= 0.6 is 23.2 Å². The molecule has 0 N–H and O–H groups in total. The van der Waals surface area contributed by atoms with E-state index in [2.05, 4.69) is 5.10 Å². The third-order valence-electron chi connectivity index (χ3n) is 5.35. The van der Waals surface area contributed by atoms with Crippen LogP contribution in [0, 0.1) is 6.92 Å². The molecule has 1 amide bonds. The maximum absolute atomic E-state index is 12.8. The van der Waals surface area contributed by atoms with Gasteiger partial charge in [-0.25, -0.2) is 9.48 Å². The quantitative estimate of drug-likeness (QED) is 0.521. The summed E-state index contributed by atoms with van der Waals surface area (Å²) in [6.07, 6.45) is 0.773. The number of esters is 1. The van der Waals surface area contributed by atoms with Crippen LogP contribution in [-0.4, -0.2) is 34.3 Å². The fourth-order valence-corrected chi connectivity index (χ4v) is 4.40. The molecule has 0 saturated heterocycles. The van der Waals surface area contributed by atoms with E-state index in [-0.39, 0.29) is 29.3 Å². The lowest BCUT2D eigenvalue weighted by Crippen LogP contribution is -2.38. The molecule has 0 radical (unpaired) electrons. The molecule has 2 aromatic carbocycles. The number of halogens is 2. The zero-order chi connectivity index (χ0) is 22.1. The number of ether oxygens (including phenoxy) is 1. The summed E-state index contributed by atoms with van der Waals surface area (Å²) in [7, 11) is 0. The Labute approximate surface area is 190 Å². The fourth-order valence-electron chi connectivity index (χ4n) is 3.89. The Morgan fingerprint density at radius 2 is 1.84 bits per heavy atom. The maximum Gasteiger partial charge on any atom is 0.343 e. The van der Waals surface area contributed by atoms with Crippen molar-refractivity contribution in [1.82, 2.24) is 9.78 Å². The van der Waals surface area contributed by atoms with E-state index >= 15 is 0 Å². The molecule has 6 nitrogen and oxygen atoms in total. The number of rotatable bonds is 5. The molecule has 0 bridgehead atoms. The van der Waals surface area contributed by atoms with E-state index in [1.54, 1.807) is 17.9 Å². The highest BCUT2D eigenvalue weighted by molar-refractivity contribution is 6.33. The predicted octanol–water partition coefficient (Wildman–Crippen LogP) is 4.68. The van der Waals surface area contributed by atoms with E-state index in [9.17, 15) is 9.59 Å². The summed E-state index contributed by atoms with van der Waals surface area (Å²) < 4.78 is 6.82. The lowest BCUT2D eigenvalue weighted by atomic mass is 10.1. The summed E-state index contributed by atoms with van der Waals surface area (Å²) in [6, 6.07) is 15.1. The van der Waals surface area contributed by atoms with Crippen molar-refractivity contribution in [1.29, 1.82) is 0 Å². The van der Waals surface area contributed by atoms with Crippen molar-refractivity contribution in [3.63, 3.8) is 0 Å². The van der Waals surface area contributed by atoms with Crippen LogP contribution in [0.1, 0.15) is 34.1 Å².